The average molecular weight is 304 g/mol. The topological polar surface area (TPSA) is 82.7 Å². The first-order valence-electron chi connectivity index (χ1n) is 6.27. The molecule has 2 aromatic heterocycles. The number of hydrogen-bond acceptors (Lipinski definition) is 5. The lowest BCUT2D eigenvalue weighted by molar-refractivity contribution is -0.141. The molecule has 6 nitrogen and oxygen atoms in total. The van der Waals surface area contributed by atoms with Crippen LogP contribution < -0.4 is 5.32 Å². The van der Waals surface area contributed by atoms with Gasteiger partial charge in [-0.25, -0.2) is 9.50 Å². The van der Waals surface area contributed by atoms with Gasteiger partial charge in [0.15, 0.2) is 11.5 Å². The van der Waals surface area contributed by atoms with E-state index in [1.54, 1.807) is 6.92 Å². The molecule has 2 aromatic rings. The van der Waals surface area contributed by atoms with E-state index < -0.39 is 17.4 Å². The first-order chi connectivity index (χ1) is 9.85. The number of aliphatic hydroxyl groups is 2. The monoisotopic (exact) mass is 304 g/mol. The normalized spacial score (nSPS) is 12.9. The van der Waals surface area contributed by atoms with Gasteiger partial charge in [0.1, 0.15) is 5.52 Å². The minimum atomic E-state index is -4.56. The van der Waals surface area contributed by atoms with Crippen molar-refractivity contribution < 1.29 is 23.4 Å². The Morgan fingerprint density at radius 1 is 1.29 bits per heavy atom. The third kappa shape index (κ3) is 2.93. The van der Waals surface area contributed by atoms with Crippen molar-refractivity contribution in [2.45, 2.75) is 25.1 Å². The summed E-state index contributed by atoms with van der Waals surface area (Å²) in [4.78, 5) is 3.97. The predicted octanol–water partition coefficient (Wildman–Crippen LogP) is 1.29. The molecule has 0 unspecified atom stereocenters. The van der Waals surface area contributed by atoms with Crippen LogP contribution in [0.5, 0.6) is 0 Å². The smallest absolute Gasteiger partial charge is 0.394 e. The SMILES string of the molecule is CCC(CO)(CO)Nc1nccn2nc(C(F)(F)F)cc12. The summed E-state index contributed by atoms with van der Waals surface area (Å²) in [7, 11) is 0. The highest BCUT2D eigenvalue weighted by molar-refractivity contribution is 5.68. The summed E-state index contributed by atoms with van der Waals surface area (Å²) in [6.45, 7) is 0.961. The fourth-order valence-electron chi connectivity index (χ4n) is 1.85. The zero-order chi connectivity index (χ0) is 15.7. The molecular weight excluding hydrogens is 289 g/mol. The number of fused-ring (bicyclic) bond motifs is 1. The van der Waals surface area contributed by atoms with Gasteiger partial charge in [-0.2, -0.15) is 18.3 Å². The highest BCUT2D eigenvalue weighted by Crippen LogP contribution is 2.30. The largest absolute Gasteiger partial charge is 0.435 e. The number of aromatic nitrogens is 3. The minimum absolute atomic E-state index is 0.115. The van der Waals surface area contributed by atoms with Crippen LogP contribution in [0.4, 0.5) is 19.0 Å². The van der Waals surface area contributed by atoms with E-state index in [9.17, 15) is 23.4 Å². The standard InChI is InChI=1S/C12H15F3N4O2/c1-2-11(6-20,7-21)17-10-8-5-9(12(13,14)15)18-19(8)4-3-16-10/h3-5,20-21H,2,6-7H2,1H3,(H,16,17). The lowest BCUT2D eigenvalue weighted by Crippen LogP contribution is -2.45. The fraction of sp³-hybridized carbons (Fsp3) is 0.500. The van der Waals surface area contributed by atoms with Gasteiger partial charge in [0, 0.05) is 18.5 Å². The molecule has 0 saturated heterocycles. The van der Waals surface area contributed by atoms with Crippen molar-refractivity contribution in [3.63, 3.8) is 0 Å². The van der Waals surface area contributed by atoms with Gasteiger partial charge in [-0.3, -0.25) is 0 Å². The molecule has 2 heterocycles. The molecule has 0 aliphatic rings. The summed E-state index contributed by atoms with van der Waals surface area (Å²) >= 11 is 0. The zero-order valence-corrected chi connectivity index (χ0v) is 11.2. The van der Waals surface area contributed by atoms with Crippen molar-refractivity contribution >= 4 is 11.3 Å². The van der Waals surface area contributed by atoms with Crippen LogP contribution in [-0.4, -0.2) is 43.6 Å². The number of halogens is 3. The molecule has 3 N–H and O–H groups in total. The van der Waals surface area contributed by atoms with Crippen LogP contribution in [0.3, 0.4) is 0 Å². The highest BCUT2D eigenvalue weighted by Gasteiger charge is 2.35. The van der Waals surface area contributed by atoms with Crippen LogP contribution in [0.15, 0.2) is 18.5 Å². The third-order valence-electron chi connectivity index (χ3n) is 3.35. The number of hydrogen-bond donors (Lipinski definition) is 3. The second-order valence-electron chi connectivity index (χ2n) is 4.71. The van der Waals surface area contributed by atoms with Crippen molar-refractivity contribution in [1.29, 1.82) is 0 Å². The molecule has 9 heteroatoms. The van der Waals surface area contributed by atoms with Gasteiger partial charge in [-0.15, -0.1) is 0 Å². The molecular formula is C12H15F3N4O2. The molecule has 0 aliphatic carbocycles. The van der Waals surface area contributed by atoms with Crippen molar-refractivity contribution in [1.82, 2.24) is 14.6 Å². The maximum atomic E-state index is 12.7. The summed E-state index contributed by atoms with van der Waals surface area (Å²) in [6.07, 6.45) is -1.61. The molecule has 0 bridgehead atoms. The molecule has 2 rings (SSSR count). The number of alkyl halides is 3. The molecule has 0 atom stereocenters. The summed E-state index contributed by atoms with van der Waals surface area (Å²) in [6, 6.07) is 0.866. The van der Waals surface area contributed by atoms with Gasteiger partial charge in [-0.1, -0.05) is 6.92 Å². The Bertz CT molecular complexity index is 614. The number of anilines is 1. The average Bonchev–Trinajstić information content (AvgIpc) is 2.90. The van der Waals surface area contributed by atoms with Crippen LogP contribution >= 0.6 is 0 Å². The van der Waals surface area contributed by atoms with Gasteiger partial charge in [0.25, 0.3) is 0 Å². The van der Waals surface area contributed by atoms with Crippen LogP contribution in [0.1, 0.15) is 19.0 Å². The van der Waals surface area contributed by atoms with E-state index in [0.29, 0.717) is 6.42 Å². The Balaban J connectivity index is 2.47. The molecule has 0 saturated carbocycles. The first-order valence-corrected chi connectivity index (χ1v) is 6.27. The molecule has 21 heavy (non-hydrogen) atoms. The maximum Gasteiger partial charge on any atom is 0.435 e. The highest BCUT2D eigenvalue weighted by atomic mass is 19.4. The quantitative estimate of drug-likeness (QED) is 0.775. The van der Waals surface area contributed by atoms with Crippen LogP contribution in [0.25, 0.3) is 5.52 Å². The van der Waals surface area contributed by atoms with Crippen LogP contribution in [0, 0.1) is 0 Å². The van der Waals surface area contributed by atoms with Crippen molar-refractivity contribution in [3.05, 3.63) is 24.2 Å². The molecule has 0 radical (unpaired) electrons. The Morgan fingerprint density at radius 3 is 2.48 bits per heavy atom. The number of nitrogens with zero attached hydrogens (tertiary/aromatic N) is 3. The predicted molar refractivity (Wildman–Crippen MR) is 68.8 cm³/mol. The number of nitrogens with one attached hydrogen (secondary N) is 1. The summed E-state index contributed by atoms with van der Waals surface area (Å²) in [5.41, 5.74) is -1.98. The van der Waals surface area contributed by atoms with Gasteiger partial charge < -0.3 is 15.5 Å². The summed E-state index contributed by atoms with van der Waals surface area (Å²) < 4.78 is 39.1. The minimum Gasteiger partial charge on any atom is -0.394 e. The molecule has 0 fully saturated rings. The maximum absolute atomic E-state index is 12.7. The van der Waals surface area contributed by atoms with E-state index in [4.69, 9.17) is 0 Å². The van der Waals surface area contributed by atoms with Crippen LogP contribution in [0.2, 0.25) is 0 Å². The van der Waals surface area contributed by atoms with Gasteiger partial charge in [0.05, 0.1) is 18.8 Å². The molecule has 116 valence electrons. The zero-order valence-electron chi connectivity index (χ0n) is 11.2. The van der Waals surface area contributed by atoms with E-state index >= 15 is 0 Å². The second-order valence-corrected chi connectivity index (χ2v) is 4.71. The number of rotatable bonds is 5. The Morgan fingerprint density at radius 2 is 1.95 bits per heavy atom. The Kier molecular flexibility index (Phi) is 4.06. The second kappa shape index (κ2) is 5.49. The van der Waals surface area contributed by atoms with E-state index in [0.717, 1.165) is 10.6 Å². The van der Waals surface area contributed by atoms with Gasteiger partial charge >= 0.3 is 6.18 Å². The fourth-order valence-corrected chi connectivity index (χ4v) is 1.85. The van der Waals surface area contributed by atoms with Crippen LogP contribution in [-0.2, 0) is 6.18 Å². The van der Waals surface area contributed by atoms with Crippen molar-refractivity contribution in [2.75, 3.05) is 18.5 Å². The van der Waals surface area contributed by atoms with Gasteiger partial charge in [-0.05, 0) is 6.42 Å². The Hall–Kier alpha value is -1.87. The lowest BCUT2D eigenvalue weighted by atomic mass is 9.98. The van der Waals surface area contributed by atoms with E-state index in [2.05, 4.69) is 15.4 Å². The van der Waals surface area contributed by atoms with E-state index in [1.807, 2.05) is 0 Å². The Labute approximate surface area is 118 Å². The third-order valence-corrected chi connectivity index (χ3v) is 3.35. The summed E-state index contributed by atoms with van der Waals surface area (Å²) in [5.74, 6) is 0.116. The van der Waals surface area contributed by atoms with E-state index in [-0.39, 0.29) is 24.5 Å². The summed E-state index contributed by atoms with van der Waals surface area (Å²) in [5, 5.41) is 25.0. The van der Waals surface area contributed by atoms with E-state index in [1.165, 1.54) is 12.4 Å². The molecule has 0 amide bonds. The van der Waals surface area contributed by atoms with Crippen molar-refractivity contribution in [3.8, 4) is 0 Å². The lowest BCUT2D eigenvalue weighted by Gasteiger charge is -2.30. The number of aliphatic hydroxyl groups excluding tert-OH is 2. The first kappa shape index (κ1) is 15.5. The van der Waals surface area contributed by atoms with Gasteiger partial charge in [0.2, 0.25) is 0 Å². The molecule has 0 spiro atoms. The molecule has 0 aliphatic heterocycles. The molecule has 0 aromatic carbocycles. The van der Waals surface area contributed by atoms with Crippen molar-refractivity contribution in [2.24, 2.45) is 0 Å².